The van der Waals surface area contributed by atoms with Crippen molar-refractivity contribution in [3.63, 3.8) is 0 Å². The molecule has 1 heterocycles. The van der Waals surface area contributed by atoms with E-state index in [1.54, 1.807) is 7.11 Å². The summed E-state index contributed by atoms with van der Waals surface area (Å²) in [4.78, 5) is 16.2. The van der Waals surface area contributed by atoms with Crippen LogP contribution in [0.25, 0.3) is 10.8 Å². The van der Waals surface area contributed by atoms with Crippen LogP contribution in [0.1, 0.15) is 70.3 Å². The van der Waals surface area contributed by atoms with Gasteiger partial charge in [-0.2, -0.15) is 0 Å². The highest BCUT2D eigenvalue weighted by Gasteiger charge is 2.41. The van der Waals surface area contributed by atoms with Crippen molar-refractivity contribution in [1.29, 1.82) is 0 Å². The molecule has 0 spiro atoms. The van der Waals surface area contributed by atoms with Crippen molar-refractivity contribution in [3.05, 3.63) is 39.3 Å². The Labute approximate surface area is 197 Å². The predicted molar refractivity (Wildman–Crippen MR) is 132 cm³/mol. The monoisotopic (exact) mass is 477 g/mol. The normalized spacial score (nSPS) is 16.6. The summed E-state index contributed by atoms with van der Waals surface area (Å²) in [7, 11) is -0.408. The van der Waals surface area contributed by atoms with E-state index < -0.39 is 14.6 Å². The van der Waals surface area contributed by atoms with Crippen LogP contribution < -0.4 is 10.3 Å². The summed E-state index contributed by atoms with van der Waals surface area (Å²) in [6.07, 6.45) is 1.01. The molecule has 1 atom stereocenters. The summed E-state index contributed by atoms with van der Waals surface area (Å²) < 4.78 is 29.4. The molecule has 1 aromatic carbocycles. The number of benzene rings is 1. The maximum absolute atomic E-state index is 13.2. The fourth-order valence-electron chi connectivity index (χ4n) is 4.05. The van der Waals surface area contributed by atoms with Gasteiger partial charge in [0.25, 0.3) is 5.56 Å². The van der Waals surface area contributed by atoms with E-state index in [1.807, 2.05) is 19.9 Å². The molecule has 1 aliphatic carbocycles. The van der Waals surface area contributed by atoms with Crippen LogP contribution in [0.15, 0.2) is 16.9 Å². The van der Waals surface area contributed by atoms with Gasteiger partial charge in [0.1, 0.15) is 5.75 Å². The highest BCUT2D eigenvalue weighted by atomic mass is 28.4. The lowest BCUT2D eigenvalue weighted by atomic mass is 10.0. The lowest BCUT2D eigenvalue weighted by Gasteiger charge is -2.38. The summed E-state index contributed by atoms with van der Waals surface area (Å²) in [5.41, 5.74) is 2.50. The topological polar surface area (TPSA) is 79.0 Å². The van der Waals surface area contributed by atoms with Crippen LogP contribution in [0.4, 0.5) is 0 Å². The molecule has 33 heavy (non-hydrogen) atoms. The molecule has 0 amide bonds. The molecule has 184 valence electrons. The van der Waals surface area contributed by atoms with Crippen LogP contribution in [-0.4, -0.2) is 40.4 Å². The molecule has 0 saturated heterocycles. The summed E-state index contributed by atoms with van der Waals surface area (Å²) in [5, 5.41) is 1.41. The molecule has 1 N–H and O–H groups in total. The number of fused-ring (bicyclic) bond motifs is 2. The zero-order valence-corrected chi connectivity index (χ0v) is 22.3. The number of aromatic nitrogens is 1. The third-order valence-electron chi connectivity index (χ3n) is 6.70. The smallest absolute Gasteiger partial charge is 0.259 e. The molecule has 1 aromatic heterocycles. The molecular weight excluding hydrogens is 438 g/mol. The van der Waals surface area contributed by atoms with E-state index in [2.05, 4.69) is 44.9 Å². The first-order valence-electron chi connectivity index (χ1n) is 11.8. The van der Waals surface area contributed by atoms with E-state index in [4.69, 9.17) is 23.4 Å². The summed E-state index contributed by atoms with van der Waals surface area (Å²) in [5.74, 6) is 0.586. The van der Waals surface area contributed by atoms with Gasteiger partial charge in [0.2, 0.25) is 0 Å². The zero-order valence-electron chi connectivity index (χ0n) is 21.3. The van der Waals surface area contributed by atoms with Crippen molar-refractivity contribution in [3.8, 4) is 5.75 Å². The fraction of sp³-hybridized carbons (Fsp3) is 0.640. The molecule has 1 aliphatic rings. The van der Waals surface area contributed by atoms with Gasteiger partial charge in [0, 0.05) is 25.9 Å². The second-order valence-corrected chi connectivity index (χ2v) is 14.7. The zero-order chi connectivity index (χ0) is 24.4. The standard InChI is InChI=1S/C25H39NO6Si/c1-9-29-24(30-10-2)19-14-16-13-18-17(22(31-15-28-6)21(16)23(27)26-19)11-12-20(18)32-33(7,8)25(3,4)5/h13-14,20,24H,9-12,15H2,1-8H3,(H,26,27). The minimum Gasteiger partial charge on any atom is -0.466 e. The van der Waals surface area contributed by atoms with Crippen LogP contribution in [0.2, 0.25) is 18.1 Å². The quantitative estimate of drug-likeness (QED) is 0.355. The van der Waals surface area contributed by atoms with Gasteiger partial charge in [-0.05, 0) is 67.9 Å². The molecule has 7 nitrogen and oxygen atoms in total. The Morgan fingerprint density at radius 3 is 2.39 bits per heavy atom. The van der Waals surface area contributed by atoms with Crippen molar-refractivity contribution in [1.82, 2.24) is 4.98 Å². The van der Waals surface area contributed by atoms with Gasteiger partial charge >= 0.3 is 0 Å². The Morgan fingerprint density at radius 1 is 1.15 bits per heavy atom. The van der Waals surface area contributed by atoms with E-state index in [0.717, 1.165) is 29.4 Å². The number of H-pyrrole nitrogens is 1. The van der Waals surface area contributed by atoms with Gasteiger partial charge in [-0.1, -0.05) is 20.8 Å². The molecule has 0 aliphatic heterocycles. The van der Waals surface area contributed by atoms with Crippen molar-refractivity contribution >= 4 is 19.1 Å². The minimum absolute atomic E-state index is 0.0208. The van der Waals surface area contributed by atoms with Crippen LogP contribution in [0, 0.1) is 0 Å². The fourth-order valence-corrected chi connectivity index (χ4v) is 5.36. The highest BCUT2D eigenvalue weighted by Crippen LogP contribution is 2.47. The van der Waals surface area contributed by atoms with Crippen LogP contribution >= 0.6 is 0 Å². The second kappa shape index (κ2) is 10.3. The Kier molecular flexibility index (Phi) is 8.06. The van der Waals surface area contributed by atoms with E-state index in [0.29, 0.717) is 30.0 Å². The number of rotatable bonds is 10. The maximum Gasteiger partial charge on any atom is 0.259 e. The van der Waals surface area contributed by atoms with E-state index in [-0.39, 0.29) is 23.5 Å². The minimum atomic E-state index is -1.98. The first-order valence-corrected chi connectivity index (χ1v) is 14.7. The molecular formula is C25H39NO6Si. The van der Waals surface area contributed by atoms with Gasteiger partial charge in [0.05, 0.1) is 17.2 Å². The molecule has 0 fully saturated rings. The van der Waals surface area contributed by atoms with Gasteiger partial charge in [-0.15, -0.1) is 0 Å². The molecule has 0 saturated carbocycles. The first kappa shape index (κ1) is 25.9. The Bertz CT molecular complexity index is 1020. The van der Waals surface area contributed by atoms with Crippen LogP contribution in [0.5, 0.6) is 5.75 Å². The van der Waals surface area contributed by atoms with Gasteiger partial charge in [0.15, 0.2) is 21.4 Å². The van der Waals surface area contributed by atoms with E-state index in [1.165, 1.54) is 0 Å². The lowest BCUT2D eigenvalue weighted by Crippen LogP contribution is -2.41. The average Bonchev–Trinajstić information content (AvgIpc) is 3.12. The number of ether oxygens (including phenoxy) is 4. The Hall–Kier alpha value is -1.71. The maximum atomic E-state index is 13.2. The first-order chi connectivity index (χ1) is 15.5. The number of pyridine rings is 1. The van der Waals surface area contributed by atoms with Gasteiger partial charge in [-0.25, -0.2) is 0 Å². The lowest BCUT2D eigenvalue weighted by molar-refractivity contribution is -0.142. The number of hydrogen-bond acceptors (Lipinski definition) is 6. The number of hydrogen-bond donors (Lipinski definition) is 1. The van der Waals surface area contributed by atoms with Crippen LogP contribution in [0.3, 0.4) is 0 Å². The number of methoxy groups -OCH3 is 1. The molecule has 0 bridgehead atoms. The van der Waals surface area contributed by atoms with Crippen molar-refractivity contribution in [2.24, 2.45) is 0 Å². The third-order valence-corrected chi connectivity index (χ3v) is 11.2. The summed E-state index contributed by atoms with van der Waals surface area (Å²) in [6, 6.07) is 4.01. The predicted octanol–water partition coefficient (Wildman–Crippen LogP) is 5.59. The average molecular weight is 478 g/mol. The molecule has 1 unspecified atom stereocenters. The molecule has 2 aromatic rings. The number of nitrogens with one attached hydrogen (secondary N) is 1. The van der Waals surface area contributed by atoms with Crippen molar-refractivity contribution < 1.29 is 23.4 Å². The summed E-state index contributed by atoms with van der Waals surface area (Å²) in [6.45, 7) is 16.1. The Balaban J connectivity index is 2.16. The molecule has 8 heteroatoms. The second-order valence-electron chi connectivity index (χ2n) is 9.99. The van der Waals surface area contributed by atoms with Crippen LogP contribution in [-0.2, 0) is 25.1 Å². The van der Waals surface area contributed by atoms with Gasteiger partial charge < -0.3 is 28.4 Å². The van der Waals surface area contributed by atoms with Gasteiger partial charge in [-0.3, -0.25) is 4.79 Å². The Morgan fingerprint density at radius 2 is 1.82 bits per heavy atom. The van der Waals surface area contributed by atoms with E-state index >= 15 is 0 Å². The third kappa shape index (κ3) is 5.35. The largest absolute Gasteiger partial charge is 0.466 e. The number of aromatic amines is 1. The van der Waals surface area contributed by atoms with Crippen molar-refractivity contribution in [2.45, 2.75) is 78.0 Å². The molecule has 3 rings (SSSR count). The summed E-state index contributed by atoms with van der Waals surface area (Å²) >= 11 is 0. The SMILES string of the molecule is CCOC(OCC)c1cc2cc3c(c(OCOC)c2c(=O)[nH]1)CCC3O[Si](C)(C)C(C)(C)C. The van der Waals surface area contributed by atoms with Crippen molar-refractivity contribution in [2.75, 3.05) is 27.1 Å². The van der Waals surface area contributed by atoms with E-state index in [9.17, 15) is 4.79 Å². The molecule has 0 radical (unpaired) electrons. The highest BCUT2D eigenvalue weighted by molar-refractivity contribution is 6.74.